The number of terminal acetylenes is 1. The predicted molar refractivity (Wildman–Crippen MR) is 53.3 cm³/mol. The van der Waals surface area contributed by atoms with Gasteiger partial charge in [0, 0.05) is 6.07 Å². The maximum atomic E-state index is 10.6. The van der Waals surface area contributed by atoms with E-state index < -0.39 is 4.92 Å². The Morgan fingerprint density at radius 1 is 1.60 bits per heavy atom. The van der Waals surface area contributed by atoms with Crippen molar-refractivity contribution in [1.29, 1.82) is 0 Å². The van der Waals surface area contributed by atoms with Gasteiger partial charge in [-0.25, -0.2) is 0 Å². The highest BCUT2D eigenvalue weighted by Crippen LogP contribution is 2.27. The van der Waals surface area contributed by atoms with E-state index in [0.717, 1.165) is 0 Å². The van der Waals surface area contributed by atoms with Crippen LogP contribution in [0.2, 0.25) is 0 Å². The first kappa shape index (κ1) is 11.0. The highest BCUT2D eigenvalue weighted by Gasteiger charge is 2.15. The number of nitrogens with zero attached hydrogens (tertiary/aromatic N) is 1. The van der Waals surface area contributed by atoms with Crippen LogP contribution in [0.1, 0.15) is 5.56 Å². The summed E-state index contributed by atoms with van der Waals surface area (Å²) in [7, 11) is 0. The fourth-order valence-corrected chi connectivity index (χ4v) is 1.05. The standard InChI is InChI=1S/C10H9NO4/c1-2-5-15-10-4-3-8(7-12)6-9(10)11(13)14/h1,3-4,6,12H,5,7H2. The van der Waals surface area contributed by atoms with E-state index in [2.05, 4.69) is 5.92 Å². The third-order valence-corrected chi connectivity index (χ3v) is 1.71. The van der Waals surface area contributed by atoms with Gasteiger partial charge in [-0.2, -0.15) is 0 Å². The molecule has 0 atom stereocenters. The van der Waals surface area contributed by atoms with Crippen LogP contribution < -0.4 is 4.74 Å². The third-order valence-electron chi connectivity index (χ3n) is 1.71. The minimum atomic E-state index is -0.578. The first-order chi connectivity index (χ1) is 7.19. The molecule has 0 amide bonds. The number of ether oxygens (including phenoxy) is 1. The molecule has 0 heterocycles. The van der Waals surface area contributed by atoms with Crippen LogP contribution in [0.3, 0.4) is 0 Å². The molecule has 0 aliphatic rings. The van der Waals surface area contributed by atoms with Gasteiger partial charge in [-0.3, -0.25) is 10.1 Å². The van der Waals surface area contributed by atoms with Gasteiger partial charge in [0.2, 0.25) is 0 Å². The highest BCUT2D eigenvalue weighted by molar-refractivity contribution is 5.48. The second kappa shape index (κ2) is 4.98. The highest BCUT2D eigenvalue weighted by atomic mass is 16.6. The summed E-state index contributed by atoms with van der Waals surface area (Å²) in [5, 5.41) is 19.5. The van der Waals surface area contributed by atoms with Crippen molar-refractivity contribution in [2.75, 3.05) is 6.61 Å². The van der Waals surface area contributed by atoms with Gasteiger partial charge in [0.1, 0.15) is 6.61 Å². The van der Waals surface area contributed by atoms with Crippen LogP contribution in [0.25, 0.3) is 0 Å². The molecule has 0 unspecified atom stereocenters. The van der Waals surface area contributed by atoms with Crippen molar-refractivity contribution in [3.8, 4) is 18.1 Å². The zero-order valence-corrected chi connectivity index (χ0v) is 7.84. The smallest absolute Gasteiger partial charge is 0.311 e. The molecular formula is C10H9NO4. The van der Waals surface area contributed by atoms with Crippen LogP contribution in [-0.2, 0) is 6.61 Å². The molecule has 0 aliphatic heterocycles. The van der Waals surface area contributed by atoms with Gasteiger partial charge in [0.05, 0.1) is 11.5 Å². The molecule has 78 valence electrons. The lowest BCUT2D eigenvalue weighted by molar-refractivity contribution is -0.385. The number of rotatable bonds is 4. The first-order valence-electron chi connectivity index (χ1n) is 4.13. The largest absolute Gasteiger partial charge is 0.474 e. The Morgan fingerprint density at radius 2 is 2.33 bits per heavy atom. The van der Waals surface area contributed by atoms with E-state index in [-0.39, 0.29) is 24.7 Å². The van der Waals surface area contributed by atoms with E-state index >= 15 is 0 Å². The van der Waals surface area contributed by atoms with Gasteiger partial charge in [-0.05, 0) is 11.6 Å². The van der Waals surface area contributed by atoms with Gasteiger partial charge in [0.25, 0.3) is 0 Å². The molecule has 5 heteroatoms. The number of aliphatic hydroxyl groups is 1. The number of hydrogen-bond donors (Lipinski definition) is 1. The Kier molecular flexibility index (Phi) is 3.66. The lowest BCUT2D eigenvalue weighted by Crippen LogP contribution is -1.99. The monoisotopic (exact) mass is 207 g/mol. The Balaban J connectivity index is 3.05. The number of nitro groups is 1. The zero-order valence-electron chi connectivity index (χ0n) is 7.84. The molecule has 15 heavy (non-hydrogen) atoms. The average Bonchev–Trinajstić information content (AvgIpc) is 2.26. The maximum Gasteiger partial charge on any atom is 0.311 e. The molecule has 1 aromatic rings. The Hall–Kier alpha value is -2.06. The van der Waals surface area contributed by atoms with Crippen LogP contribution in [-0.4, -0.2) is 16.6 Å². The molecule has 0 bridgehead atoms. The Labute approximate surface area is 86.5 Å². The number of nitro benzene ring substituents is 1. The van der Waals surface area contributed by atoms with Crippen molar-refractivity contribution >= 4 is 5.69 Å². The van der Waals surface area contributed by atoms with E-state index in [9.17, 15) is 10.1 Å². The molecule has 0 saturated heterocycles. The van der Waals surface area contributed by atoms with Gasteiger partial charge >= 0.3 is 5.69 Å². The first-order valence-corrected chi connectivity index (χ1v) is 4.13. The normalized spacial score (nSPS) is 9.33. The summed E-state index contributed by atoms with van der Waals surface area (Å²) in [6.45, 7) is -0.282. The Bertz CT molecular complexity index is 408. The van der Waals surface area contributed by atoms with E-state index in [0.29, 0.717) is 5.56 Å². The summed E-state index contributed by atoms with van der Waals surface area (Å²) in [5.41, 5.74) is 0.256. The molecule has 1 aromatic carbocycles. The molecule has 5 nitrogen and oxygen atoms in total. The molecule has 0 spiro atoms. The topological polar surface area (TPSA) is 72.6 Å². The van der Waals surface area contributed by atoms with Crippen LogP contribution >= 0.6 is 0 Å². The minimum Gasteiger partial charge on any atom is -0.474 e. The molecule has 0 aliphatic carbocycles. The van der Waals surface area contributed by atoms with Gasteiger partial charge < -0.3 is 9.84 Å². The van der Waals surface area contributed by atoms with Crippen molar-refractivity contribution in [3.05, 3.63) is 33.9 Å². The zero-order chi connectivity index (χ0) is 11.3. The lowest BCUT2D eigenvalue weighted by Gasteiger charge is -2.04. The van der Waals surface area contributed by atoms with E-state index in [1.54, 1.807) is 6.07 Å². The van der Waals surface area contributed by atoms with E-state index in [1.807, 2.05) is 0 Å². The summed E-state index contributed by atoms with van der Waals surface area (Å²) >= 11 is 0. The fourth-order valence-electron chi connectivity index (χ4n) is 1.05. The Morgan fingerprint density at radius 3 is 2.87 bits per heavy atom. The SMILES string of the molecule is C#CCOc1ccc(CO)cc1[N+](=O)[O-]. The quantitative estimate of drug-likeness (QED) is 0.456. The number of benzene rings is 1. The van der Waals surface area contributed by atoms with Crippen LogP contribution in [0.4, 0.5) is 5.69 Å². The summed E-state index contributed by atoms with van der Waals surface area (Å²) < 4.78 is 4.99. The van der Waals surface area contributed by atoms with Gasteiger partial charge in [0.15, 0.2) is 5.75 Å². The molecule has 0 saturated carbocycles. The van der Waals surface area contributed by atoms with Crippen molar-refractivity contribution in [1.82, 2.24) is 0 Å². The van der Waals surface area contributed by atoms with Crippen LogP contribution in [0.15, 0.2) is 18.2 Å². The fraction of sp³-hybridized carbons (Fsp3) is 0.200. The number of hydrogen-bond acceptors (Lipinski definition) is 4. The molecule has 1 N–H and O–H groups in total. The molecule has 0 radical (unpaired) electrons. The molecular weight excluding hydrogens is 198 g/mol. The predicted octanol–water partition coefficient (Wildman–Crippen LogP) is 1.10. The third kappa shape index (κ3) is 2.69. The summed E-state index contributed by atoms with van der Waals surface area (Å²) in [6, 6.07) is 4.21. The van der Waals surface area contributed by atoms with E-state index in [4.69, 9.17) is 16.3 Å². The second-order valence-corrected chi connectivity index (χ2v) is 2.71. The summed E-state index contributed by atoms with van der Waals surface area (Å²) in [6.07, 6.45) is 4.97. The van der Waals surface area contributed by atoms with Gasteiger partial charge in [-0.1, -0.05) is 12.0 Å². The lowest BCUT2D eigenvalue weighted by atomic mass is 10.2. The van der Waals surface area contributed by atoms with Crippen molar-refractivity contribution < 1.29 is 14.8 Å². The van der Waals surface area contributed by atoms with E-state index in [1.165, 1.54) is 12.1 Å². The van der Waals surface area contributed by atoms with Crippen LogP contribution in [0, 0.1) is 22.5 Å². The average molecular weight is 207 g/mol. The summed E-state index contributed by atoms with van der Waals surface area (Å²) in [4.78, 5) is 10.1. The van der Waals surface area contributed by atoms with Crippen molar-refractivity contribution in [2.24, 2.45) is 0 Å². The number of aliphatic hydroxyl groups excluding tert-OH is 1. The molecule has 0 fully saturated rings. The van der Waals surface area contributed by atoms with Crippen molar-refractivity contribution in [2.45, 2.75) is 6.61 Å². The second-order valence-electron chi connectivity index (χ2n) is 2.71. The summed E-state index contributed by atoms with van der Waals surface area (Å²) in [5.74, 6) is 2.32. The maximum absolute atomic E-state index is 10.6. The van der Waals surface area contributed by atoms with Crippen molar-refractivity contribution in [3.63, 3.8) is 0 Å². The van der Waals surface area contributed by atoms with Crippen LogP contribution in [0.5, 0.6) is 5.75 Å². The molecule has 0 aromatic heterocycles. The minimum absolute atomic E-state index is 0.0285. The van der Waals surface area contributed by atoms with Gasteiger partial charge in [-0.15, -0.1) is 6.42 Å². The molecule has 1 rings (SSSR count).